The Balaban J connectivity index is 2.18. The first-order valence-electron chi connectivity index (χ1n) is 6.86. The summed E-state index contributed by atoms with van der Waals surface area (Å²) >= 11 is 0. The monoisotopic (exact) mass is 248 g/mol. The Morgan fingerprint density at radius 2 is 2.11 bits per heavy atom. The Morgan fingerprint density at radius 3 is 2.72 bits per heavy atom. The summed E-state index contributed by atoms with van der Waals surface area (Å²) in [4.78, 5) is 2.51. The molecule has 2 unspecified atom stereocenters. The topological polar surface area (TPSA) is 38.5 Å². The number of nitrogens with two attached hydrogens (primary N) is 1. The minimum atomic E-state index is 0.319. The SMILES string of the molecule is CCC1COCCN1C(CN)c1ccc(C)cc1. The first-order valence-corrected chi connectivity index (χ1v) is 6.86. The van der Waals surface area contributed by atoms with Crippen molar-refractivity contribution in [1.29, 1.82) is 0 Å². The van der Waals surface area contributed by atoms with Crippen LogP contribution in [0.2, 0.25) is 0 Å². The van der Waals surface area contributed by atoms with Gasteiger partial charge in [-0.1, -0.05) is 36.8 Å². The zero-order valence-corrected chi connectivity index (χ0v) is 11.4. The third-order valence-electron chi connectivity index (χ3n) is 3.83. The smallest absolute Gasteiger partial charge is 0.0622 e. The van der Waals surface area contributed by atoms with Gasteiger partial charge in [0.05, 0.1) is 13.2 Å². The van der Waals surface area contributed by atoms with Crippen LogP contribution < -0.4 is 5.73 Å². The molecule has 0 bridgehead atoms. The normalized spacial score (nSPS) is 22.9. The highest BCUT2D eigenvalue weighted by atomic mass is 16.5. The highest BCUT2D eigenvalue weighted by molar-refractivity contribution is 5.24. The lowest BCUT2D eigenvalue weighted by atomic mass is 10.0. The average molecular weight is 248 g/mol. The molecule has 1 aliphatic rings. The Bertz CT molecular complexity index is 363. The zero-order chi connectivity index (χ0) is 13.0. The van der Waals surface area contributed by atoms with Crippen LogP contribution in [0.1, 0.15) is 30.5 Å². The lowest BCUT2D eigenvalue weighted by molar-refractivity contribution is -0.0291. The number of hydrogen-bond donors (Lipinski definition) is 1. The molecule has 0 aromatic heterocycles. The van der Waals surface area contributed by atoms with Crippen molar-refractivity contribution in [3.63, 3.8) is 0 Å². The van der Waals surface area contributed by atoms with E-state index in [1.807, 2.05) is 0 Å². The van der Waals surface area contributed by atoms with Crippen LogP contribution in [-0.4, -0.2) is 37.2 Å². The molecule has 0 saturated carbocycles. The molecule has 1 aromatic carbocycles. The first-order chi connectivity index (χ1) is 8.76. The lowest BCUT2D eigenvalue weighted by Crippen LogP contribution is -2.48. The molecule has 1 fully saturated rings. The van der Waals surface area contributed by atoms with Crippen molar-refractivity contribution in [3.05, 3.63) is 35.4 Å². The molecule has 0 aliphatic carbocycles. The number of aryl methyl sites for hydroxylation is 1. The second-order valence-corrected chi connectivity index (χ2v) is 5.04. The number of rotatable bonds is 4. The maximum absolute atomic E-state index is 6.01. The standard InChI is InChI=1S/C15H24N2O/c1-3-14-11-18-9-8-17(14)15(10-16)13-6-4-12(2)5-7-13/h4-7,14-15H,3,8-11,16H2,1-2H3. The van der Waals surface area contributed by atoms with Gasteiger partial charge < -0.3 is 10.5 Å². The van der Waals surface area contributed by atoms with E-state index in [0.29, 0.717) is 18.6 Å². The van der Waals surface area contributed by atoms with Crippen LogP contribution in [0.3, 0.4) is 0 Å². The predicted octanol–water partition coefficient (Wildman–Crippen LogP) is 2.11. The average Bonchev–Trinajstić information content (AvgIpc) is 2.42. The van der Waals surface area contributed by atoms with Crippen LogP contribution in [-0.2, 0) is 4.74 Å². The summed E-state index contributed by atoms with van der Waals surface area (Å²) in [6.45, 7) is 7.63. The fourth-order valence-corrected chi connectivity index (χ4v) is 2.68. The zero-order valence-electron chi connectivity index (χ0n) is 11.4. The second-order valence-electron chi connectivity index (χ2n) is 5.04. The molecule has 3 nitrogen and oxygen atoms in total. The number of hydrogen-bond acceptors (Lipinski definition) is 3. The summed E-state index contributed by atoms with van der Waals surface area (Å²) in [6.07, 6.45) is 1.11. The molecule has 2 N–H and O–H groups in total. The molecular formula is C15H24N2O. The van der Waals surface area contributed by atoms with Crippen molar-refractivity contribution < 1.29 is 4.74 Å². The molecule has 0 radical (unpaired) electrons. The Hall–Kier alpha value is -0.900. The summed E-state index contributed by atoms with van der Waals surface area (Å²) in [6, 6.07) is 9.55. The number of benzene rings is 1. The van der Waals surface area contributed by atoms with Crippen LogP contribution in [0.4, 0.5) is 0 Å². The van der Waals surface area contributed by atoms with E-state index in [-0.39, 0.29) is 0 Å². The van der Waals surface area contributed by atoms with Crippen molar-refractivity contribution >= 4 is 0 Å². The van der Waals surface area contributed by atoms with Gasteiger partial charge in [0.15, 0.2) is 0 Å². The van der Waals surface area contributed by atoms with Crippen molar-refractivity contribution in [3.8, 4) is 0 Å². The predicted molar refractivity (Wildman–Crippen MR) is 74.6 cm³/mol. The molecule has 2 rings (SSSR count). The minimum absolute atomic E-state index is 0.319. The Kier molecular flexibility index (Phi) is 4.75. The van der Waals surface area contributed by atoms with E-state index in [2.05, 4.69) is 43.0 Å². The largest absolute Gasteiger partial charge is 0.378 e. The third kappa shape index (κ3) is 2.91. The van der Waals surface area contributed by atoms with Crippen molar-refractivity contribution in [2.24, 2.45) is 5.73 Å². The third-order valence-corrected chi connectivity index (χ3v) is 3.83. The number of morpholine rings is 1. The molecule has 1 heterocycles. The first kappa shape index (κ1) is 13.5. The number of ether oxygens (including phenoxy) is 1. The molecule has 2 atom stereocenters. The van der Waals surface area contributed by atoms with E-state index in [4.69, 9.17) is 10.5 Å². The highest BCUT2D eigenvalue weighted by Crippen LogP contribution is 2.25. The summed E-state index contributed by atoms with van der Waals surface area (Å²) in [5, 5.41) is 0. The van der Waals surface area contributed by atoms with E-state index >= 15 is 0 Å². The van der Waals surface area contributed by atoms with Crippen molar-refractivity contribution in [2.45, 2.75) is 32.4 Å². The van der Waals surface area contributed by atoms with Gasteiger partial charge in [0.25, 0.3) is 0 Å². The van der Waals surface area contributed by atoms with Gasteiger partial charge in [0, 0.05) is 25.2 Å². The van der Waals surface area contributed by atoms with E-state index in [1.165, 1.54) is 11.1 Å². The molecule has 18 heavy (non-hydrogen) atoms. The minimum Gasteiger partial charge on any atom is -0.378 e. The molecule has 0 amide bonds. The molecule has 1 aliphatic heterocycles. The summed E-state index contributed by atoms with van der Waals surface area (Å²) < 4.78 is 5.57. The number of nitrogens with zero attached hydrogens (tertiary/aromatic N) is 1. The van der Waals surface area contributed by atoms with Gasteiger partial charge in [-0.05, 0) is 18.9 Å². The molecule has 1 aromatic rings. The molecule has 0 spiro atoms. The van der Waals surface area contributed by atoms with Gasteiger partial charge >= 0.3 is 0 Å². The lowest BCUT2D eigenvalue weighted by Gasteiger charge is -2.40. The van der Waals surface area contributed by atoms with Gasteiger partial charge in [-0.3, -0.25) is 4.90 Å². The maximum Gasteiger partial charge on any atom is 0.0622 e. The Labute approximate surface area is 110 Å². The van der Waals surface area contributed by atoms with E-state index in [1.54, 1.807) is 0 Å². The fourth-order valence-electron chi connectivity index (χ4n) is 2.68. The summed E-state index contributed by atoms with van der Waals surface area (Å²) in [7, 11) is 0. The van der Waals surface area contributed by atoms with Crippen LogP contribution in [0, 0.1) is 6.92 Å². The second kappa shape index (κ2) is 6.32. The van der Waals surface area contributed by atoms with Crippen LogP contribution >= 0.6 is 0 Å². The van der Waals surface area contributed by atoms with E-state index < -0.39 is 0 Å². The van der Waals surface area contributed by atoms with Crippen molar-refractivity contribution in [1.82, 2.24) is 4.90 Å². The van der Waals surface area contributed by atoms with Gasteiger partial charge in [0.1, 0.15) is 0 Å². The van der Waals surface area contributed by atoms with Crippen LogP contribution in [0.25, 0.3) is 0 Å². The van der Waals surface area contributed by atoms with Crippen molar-refractivity contribution in [2.75, 3.05) is 26.3 Å². The van der Waals surface area contributed by atoms with Gasteiger partial charge in [0.2, 0.25) is 0 Å². The highest BCUT2D eigenvalue weighted by Gasteiger charge is 2.28. The van der Waals surface area contributed by atoms with Gasteiger partial charge in [-0.2, -0.15) is 0 Å². The van der Waals surface area contributed by atoms with Gasteiger partial charge in [-0.25, -0.2) is 0 Å². The molecular weight excluding hydrogens is 224 g/mol. The molecule has 3 heteroatoms. The van der Waals surface area contributed by atoms with Gasteiger partial charge in [-0.15, -0.1) is 0 Å². The maximum atomic E-state index is 6.01. The molecule has 1 saturated heterocycles. The van der Waals surface area contributed by atoms with Crippen LogP contribution in [0.15, 0.2) is 24.3 Å². The molecule has 100 valence electrons. The van der Waals surface area contributed by atoms with Crippen LogP contribution in [0.5, 0.6) is 0 Å². The van der Waals surface area contributed by atoms with E-state index in [9.17, 15) is 0 Å². The Morgan fingerprint density at radius 1 is 1.39 bits per heavy atom. The van der Waals surface area contributed by atoms with E-state index in [0.717, 1.165) is 26.2 Å². The quantitative estimate of drug-likeness (QED) is 0.887. The summed E-state index contributed by atoms with van der Waals surface area (Å²) in [5.41, 5.74) is 8.63. The summed E-state index contributed by atoms with van der Waals surface area (Å²) in [5.74, 6) is 0. The fraction of sp³-hybridized carbons (Fsp3) is 0.600.